The Morgan fingerprint density at radius 2 is 2.22 bits per heavy atom. The topological polar surface area (TPSA) is 63.5 Å². The van der Waals surface area contributed by atoms with E-state index in [9.17, 15) is 9.59 Å². The molecule has 6 heteroatoms. The Balaban J connectivity index is 2.12. The maximum Gasteiger partial charge on any atom is 0.271 e. The average Bonchev–Trinajstić information content (AvgIpc) is 3.07. The number of amides is 1. The Labute approximate surface area is 107 Å². The SMILES string of the molecule is Cc1sc2ncc(C(=O)NC3CC3)c(=O)n2c1C. The van der Waals surface area contributed by atoms with Crippen molar-refractivity contribution in [3.8, 4) is 0 Å². The van der Waals surface area contributed by atoms with Crippen molar-refractivity contribution in [1.29, 1.82) is 0 Å². The van der Waals surface area contributed by atoms with E-state index in [0.29, 0.717) is 4.96 Å². The fourth-order valence-electron chi connectivity index (χ4n) is 1.82. The minimum absolute atomic E-state index is 0.125. The molecule has 1 amide bonds. The highest BCUT2D eigenvalue weighted by Gasteiger charge is 2.25. The summed E-state index contributed by atoms with van der Waals surface area (Å²) in [6.07, 6.45) is 3.38. The summed E-state index contributed by atoms with van der Waals surface area (Å²) in [5, 5.41) is 2.81. The van der Waals surface area contributed by atoms with Crippen molar-refractivity contribution in [1.82, 2.24) is 14.7 Å². The van der Waals surface area contributed by atoms with E-state index in [0.717, 1.165) is 23.4 Å². The lowest BCUT2D eigenvalue weighted by atomic mass is 10.3. The van der Waals surface area contributed by atoms with Crippen LogP contribution in [0.4, 0.5) is 0 Å². The van der Waals surface area contributed by atoms with E-state index in [1.807, 2.05) is 13.8 Å². The summed E-state index contributed by atoms with van der Waals surface area (Å²) in [5.74, 6) is -0.312. The first kappa shape index (κ1) is 11.4. The van der Waals surface area contributed by atoms with Crippen LogP contribution in [0.15, 0.2) is 11.0 Å². The fourth-order valence-corrected chi connectivity index (χ4v) is 2.75. The summed E-state index contributed by atoms with van der Waals surface area (Å²) >= 11 is 1.46. The molecule has 1 N–H and O–H groups in total. The van der Waals surface area contributed by atoms with Gasteiger partial charge in [-0.3, -0.25) is 14.0 Å². The van der Waals surface area contributed by atoms with Gasteiger partial charge >= 0.3 is 0 Å². The zero-order chi connectivity index (χ0) is 12.9. The predicted octanol–water partition coefficient (Wildman–Crippen LogP) is 1.27. The van der Waals surface area contributed by atoms with Gasteiger partial charge in [-0.25, -0.2) is 4.98 Å². The third-order valence-electron chi connectivity index (χ3n) is 3.18. The van der Waals surface area contributed by atoms with Crippen LogP contribution in [0, 0.1) is 13.8 Å². The van der Waals surface area contributed by atoms with Crippen molar-refractivity contribution < 1.29 is 4.79 Å². The number of rotatable bonds is 2. The van der Waals surface area contributed by atoms with Crippen LogP contribution >= 0.6 is 11.3 Å². The second-order valence-electron chi connectivity index (χ2n) is 4.59. The van der Waals surface area contributed by atoms with Crippen molar-refractivity contribution >= 4 is 22.2 Å². The molecule has 94 valence electrons. The lowest BCUT2D eigenvalue weighted by Gasteiger charge is -2.03. The number of nitrogens with one attached hydrogen (secondary N) is 1. The second kappa shape index (κ2) is 3.91. The highest BCUT2D eigenvalue weighted by Crippen LogP contribution is 2.20. The van der Waals surface area contributed by atoms with Crippen molar-refractivity contribution in [2.45, 2.75) is 32.7 Å². The van der Waals surface area contributed by atoms with Gasteiger partial charge in [0.15, 0.2) is 4.96 Å². The summed E-state index contributed by atoms with van der Waals surface area (Å²) in [4.78, 5) is 30.1. The van der Waals surface area contributed by atoms with Crippen molar-refractivity contribution in [2.24, 2.45) is 0 Å². The molecule has 0 unspecified atom stereocenters. The molecule has 2 aromatic rings. The number of hydrogen-bond acceptors (Lipinski definition) is 4. The van der Waals surface area contributed by atoms with Gasteiger partial charge in [-0.15, -0.1) is 11.3 Å². The van der Waals surface area contributed by atoms with Crippen LogP contribution in [0.5, 0.6) is 0 Å². The van der Waals surface area contributed by atoms with E-state index < -0.39 is 0 Å². The summed E-state index contributed by atoms with van der Waals surface area (Å²) in [6, 6.07) is 0.239. The van der Waals surface area contributed by atoms with Crippen molar-refractivity contribution in [3.05, 3.63) is 32.7 Å². The molecule has 0 atom stereocenters. The molecule has 3 rings (SSSR count). The fraction of sp³-hybridized carbons (Fsp3) is 0.417. The van der Waals surface area contributed by atoms with Crippen LogP contribution in [0.2, 0.25) is 0 Å². The van der Waals surface area contributed by atoms with Gasteiger partial charge in [0.1, 0.15) is 5.56 Å². The molecule has 18 heavy (non-hydrogen) atoms. The lowest BCUT2D eigenvalue weighted by Crippen LogP contribution is -2.32. The number of fused-ring (bicyclic) bond motifs is 1. The van der Waals surface area contributed by atoms with E-state index in [2.05, 4.69) is 10.3 Å². The smallest absolute Gasteiger partial charge is 0.271 e. The second-order valence-corrected chi connectivity index (χ2v) is 5.77. The molecule has 1 aliphatic carbocycles. The molecule has 0 aromatic carbocycles. The molecule has 1 aliphatic rings. The number of aromatic nitrogens is 2. The van der Waals surface area contributed by atoms with Gasteiger partial charge in [-0.1, -0.05) is 0 Å². The van der Waals surface area contributed by atoms with Crippen LogP contribution in [-0.4, -0.2) is 21.3 Å². The molecular formula is C12H13N3O2S. The lowest BCUT2D eigenvalue weighted by molar-refractivity contribution is 0.0949. The summed E-state index contributed by atoms with van der Waals surface area (Å²) in [7, 11) is 0. The van der Waals surface area contributed by atoms with E-state index in [-0.39, 0.29) is 23.1 Å². The largest absolute Gasteiger partial charge is 0.349 e. The monoisotopic (exact) mass is 263 g/mol. The van der Waals surface area contributed by atoms with Gasteiger partial charge in [-0.05, 0) is 26.7 Å². The Bertz CT molecular complexity index is 697. The van der Waals surface area contributed by atoms with E-state index in [4.69, 9.17) is 0 Å². The number of carbonyl (C=O) groups excluding carboxylic acids is 1. The highest BCUT2D eigenvalue weighted by atomic mass is 32.1. The minimum Gasteiger partial charge on any atom is -0.349 e. The number of carbonyl (C=O) groups is 1. The molecule has 0 spiro atoms. The Hall–Kier alpha value is -1.69. The number of nitrogens with zero attached hydrogens (tertiary/aromatic N) is 2. The van der Waals surface area contributed by atoms with E-state index in [1.54, 1.807) is 0 Å². The first-order valence-electron chi connectivity index (χ1n) is 5.86. The zero-order valence-electron chi connectivity index (χ0n) is 10.2. The molecule has 1 saturated carbocycles. The highest BCUT2D eigenvalue weighted by molar-refractivity contribution is 7.17. The predicted molar refractivity (Wildman–Crippen MR) is 69.3 cm³/mol. The normalized spacial score (nSPS) is 15.0. The van der Waals surface area contributed by atoms with E-state index >= 15 is 0 Å². The number of aryl methyl sites for hydroxylation is 2. The van der Waals surface area contributed by atoms with Crippen LogP contribution in [0.3, 0.4) is 0 Å². The minimum atomic E-state index is -0.312. The third-order valence-corrected chi connectivity index (χ3v) is 4.25. The average molecular weight is 263 g/mol. The van der Waals surface area contributed by atoms with Crippen LogP contribution in [0.25, 0.3) is 4.96 Å². The molecule has 0 saturated heterocycles. The summed E-state index contributed by atoms with van der Waals surface area (Å²) < 4.78 is 1.52. The van der Waals surface area contributed by atoms with Gasteiger partial charge in [0.05, 0.1) is 0 Å². The third kappa shape index (κ3) is 1.73. The van der Waals surface area contributed by atoms with E-state index in [1.165, 1.54) is 21.9 Å². The first-order valence-corrected chi connectivity index (χ1v) is 6.68. The zero-order valence-corrected chi connectivity index (χ0v) is 11.0. The van der Waals surface area contributed by atoms with Crippen molar-refractivity contribution in [3.63, 3.8) is 0 Å². The molecule has 5 nitrogen and oxygen atoms in total. The standard InChI is InChI=1S/C12H13N3O2S/c1-6-7(2)18-12-13-5-9(11(17)15(6)12)10(16)14-8-3-4-8/h5,8H,3-4H2,1-2H3,(H,14,16). The Morgan fingerprint density at radius 3 is 2.89 bits per heavy atom. The maximum atomic E-state index is 12.3. The molecule has 0 aliphatic heterocycles. The van der Waals surface area contributed by atoms with Gasteiger partial charge < -0.3 is 5.32 Å². The molecular weight excluding hydrogens is 250 g/mol. The van der Waals surface area contributed by atoms with Gasteiger partial charge in [0, 0.05) is 22.8 Å². The Morgan fingerprint density at radius 1 is 1.50 bits per heavy atom. The molecule has 0 radical (unpaired) electrons. The molecule has 2 aromatic heterocycles. The molecule has 1 fully saturated rings. The molecule has 0 bridgehead atoms. The quantitative estimate of drug-likeness (QED) is 0.887. The van der Waals surface area contributed by atoms with Gasteiger partial charge in [0.2, 0.25) is 0 Å². The van der Waals surface area contributed by atoms with Crippen LogP contribution in [-0.2, 0) is 0 Å². The van der Waals surface area contributed by atoms with Gasteiger partial charge in [-0.2, -0.15) is 0 Å². The summed E-state index contributed by atoms with van der Waals surface area (Å²) in [6.45, 7) is 3.81. The van der Waals surface area contributed by atoms with Crippen LogP contribution in [0.1, 0.15) is 33.8 Å². The number of thiazole rings is 1. The van der Waals surface area contributed by atoms with Crippen molar-refractivity contribution in [2.75, 3.05) is 0 Å². The summed E-state index contributed by atoms with van der Waals surface area (Å²) in [5.41, 5.74) is 0.703. The first-order chi connectivity index (χ1) is 8.58. The number of hydrogen-bond donors (Lipinski definition) is 1. The Kier molecular flexibility index (Phi) is 2.48. The van der Waals surface area contributed by atoms with Gasteiger partial charge in [0.25, 0.3) is 11.5 Å². The molecule has 2 heterocycles. The maximum absolute atomic E-state index is 12.3. The van der Waals surface area contributed by atoms with Crippen LogP contribution < -0.4 is 10.9 Å².